The number of carboxylic acid groups (broad SMARTS) is 1. The lowest BCUT2D eigenvalue weighted by atomic mass is 9.72. The van der Waals surface area contributed by atoms with Crippen molar-refractivity contribution in [1.82, 2.24) is 9.97 Å². The monoisotopic (exact) mass is 375 g/mol. The summed E-state index contributed by atoms with van der Waals surface area (Å²) in [4.78, 5) is 22.9. The van der Waals surface area contributed by atoms with E-state index in [-0.39, 0.29) is 0 Å². The van der Waals surface area contributed by atoms with Gasteiger partial charge in [0.25, 0.3) is 0 Å². The van der Waals surface area contributed by atoms with Crippen molar-refractivity contribution in [3.05, 3.63) is 16.8 Å². The third-order valence-corrected chi connectivity index (χ3v) is 6.55. The van der Waals surface area contributed by atoms with Gasteiger partial charge in [0.2, 0.25) is 0 Å². The number of nitrogens with zero attached hydrogens (tertiary/aromatic N) is 2. The molecule has 0 saturated carbocycles. The molecular weight excluding hydrogens is 346 g/mol. The van der Waals surface area contributed by atoms with Crippen LogP contribution in [-0.2, 0) is 17.6 Å². The Kier molecular flexibility index (Phi) is 5.24. The van der Waals surface area contributed by atoms with Crippen molar-refractivity contribution >= 4 is 33.3 Å². The van der Waals surface area contributed by atoms with Crippen LogP contribution in [0.25, 0.3) is 10.2 Å². The van der Waals surface area contributed by atoms with E-state index in [1.807, 2.05) is 13.8 Å². The van der Waals surface area contributed by atoms with Gasteiger partial charge < -0.3 is 10.4 Å². The molecule has 0 saturated heterocycles. The van der Waals surface area contributed by atoms with E-state index in [1.54, 1.807) is 17.7 Å². The predicted octanol–water partition coefficient (Wildman–Crippen LogP) is 4.75. The van der Waals surface area contributed by atoms with Gasteiger partial charge in [-0.3, -0.25) is 0 Å². The largest absolute Gasteiger partial charge is 0.480 e. The van der Waals surface area contributed by atoms with Crippen LogP contribution >= 0.6 is 11.3 Å². The lowest BCUT2D eigenvalue weighted by Gasteiger charge is -2.33. The quantitative estimate of drug-likeness (QED) is 0.788. The number of anilines is 1. The fraction of sp³-hybridized carbons (Fsp3) is 0.650. The van der Waals surface area contributed by atoms with Crippen LogP contribution in [-0.4, -0.2) is 27.1 Å². The lowest BCUT2D eigenvalue weighted by molar-refractivity contribution is -0.138. The van der Waals surface area contributed by atoms with Crippen molar-refractivity contribution in [2.75, 3.05) is 5.32 Å². The molecule has 0 amide bonds. The number of carboxylic acids is 1. The van der Waals surface area contributed by atoms with Crippen LogP contribution in [0.15, 0.2) is 6.33 Å². The zero-order valence-corrected chi connectivity index (χ0v) is 17.1. The van der Waals surface area contributed by atoms with Gasteiger partial charge in [0, 0.05) is 4.88 Å². The Hall–Kier alpha value is -1.69. The zero-order valence-electron chi connectivity index (χ0n) is 16.3. The first kappa shape index (κ1) is 19.1. The van der Waals surface area contributed by atoms with Gasteiger partial charge in [-0.15, -0.1) is 11.3 Å². The van der Waals surface area contributed by atoms with E-state index < -0.39 is 12.0 Å². The van der Waals surface area contributed by atoms with Crippen molar-refractivity contribution in [2.24, 2.45) is 17.3 Å². The van der Waals surface area contributed by atoms with Crippen LogP contribution in [0.3, 0.4) is 0 Å². The molecule has 6 heteroatoms. The van der Waals surface area contributed by atoms with E-state index in [2.05, 4.69) is 36.1 Å². The summed E-state index contributed by atoms with van der Waals surface area (Å²) in [5.74, 6) is 0.808. The van der Waals surface area contributed by atoms with Crippen LogP contribution in [0.2, 0.25) is 0 Å². The Morgan fingerprint density at radius 1 is 1.38 bits per heavy atom. The first-order valence-electron chi connectivity index (χ1n) is 9.41. The van der Waals surface area contributed by atoms with Crippen molar-refractivity contribution in [2.45, 2.75) is 66.3 Å². The molecule has 3 rings (SSSR count). The molecule has 0 radical (unpaired) electrons. The molecular formula is C20H29N3O2S. The van der Waals surface area contributed by atoms with E-state index in [0.29, 0.717) is 29.5 Å². The van der Waals surface area contributed by atoms with E-state index in [0.717, 1.165) is 29.5 Å². The average molecular weight is 376 g/mol. The molecule has 0 bridgehead atoms. The molecule has 2 N–H and O–H groups in total. The number of aryl methyl sites for hydroxylation is 1. The first-order valence-corrected chi connectivity index (χ1v) is 10.2. The second-order valence-corrected chi connectivity index (χ2v) is 9.96. The summed E-state index contributed by atoms with van der Waals surface area (Å²) in [5, 5.41) is 13.8. The van der Waals surface area contributed by atoms with Crippen molar-refractivity contribution in [1.29, 1.82) is 0 Å². The zero-order chi connectivity index (χ0) is 19.1. The maximum absolute atomic E-state index is 11.7. The summed E-state index contributed by atoms with van der Waals surface area (Å²) in [5.41, 5.74) is 1.62. The summed E-state index contributed by atoms with van der Waals surface area (Å²) in [7, 11) is 0. The summed E-state index contributed by atoms with van der Waals surface area (Å²) in [6.45, 7) is 11.0. The molecule has 2 atom stereocenters. The fourth-order valence-corrected chi connectivity index (χ4v) is 5.08. The van der Waals surface area contributed by atoms with Crippen LogP contribution in [0, 0.1) is 17.3 Å². The lowest BCUT2D eigenvalue weighted by Crippen LogP contribution is -2.31. The summed E-state index contributed by atoms with van der Waals surface area (Å²) in [6.07, 6.45) is 5.36. The molecule has 26 heavy (non-hydrogen) atoms. The highest BCUT2D eigenvalue weighted by Gasteiger charge is 2.32. The van der Waals surface area contributed by atoms with Gasteiger partial charge in [0.05, 0.1) is 5.39 Å². The average Bonchev–Trinajstić information content (AvgIpc) is 2.91. The number of thiophene rings is 1. The maximum atomic E-state index is 11.7. The number of aliphatic carboxylic acids is 1. The molecule has 2 unspecified atom stereocenters. The van der Waals surface area contributed by atoms with Gasteiger partial charge in [0.1, 0.15) is 23.0 Å². The third kappa shape index (κ3) is 3.85. The van der Waals surface area contributed by atoms with E-state index in [1.165, 1.54) is 10.4 Å². The predicted molar refractivity (Wildman–Crippen MR) is 107 cm³/mol. The van der Waals surface area contributed by atoms with Gasteiger partial charge in [-0.2, -0.15) is 0 Å². The Balaban J connectivity index is 1.96. The number of aromatic nitrogens is 2. The molecule has 0 fully saturated rings. The molecule has 2 aromatic rings. The van der Waals surface area contributed by atoms with Crippen molar-refractivity contribution in [3.8, 4) is 0 Å². The molecule has 142 valence electrons. The molecule has 0 aromatic carbocycles. The number of carbonyl (C=O) groups is 1. The SMILES string of the molecule is CC(C)CC(Nc1ncnc2sc3c(c12)CCC(C(C)(C)C)C3)C(=O)O. The van der Waals surface area contributed by atoms with Crippen molar-refractivity contribution in [3.63, 3.8) is 0 Å². The molecule has 0 spiro atoms. The Labute approximate surface area is 159 Å². The minimum absolute atomic E-state index is 0.296. The molecule has 2 heterocycles. The van der Waals surface area contributed by atoms with Gasteiger partial charge in [-0.05, 0) is 48.5 Å². The van der Waals surface area contributed by atoms with Gasteiger partial charge in [-0.1, -0.05) is 34.6 Å². The highest BCUT2D eigenvalue weighted by molar-refractivity contribution is 7.19. The minimum atomic E-state index is -0.831. The molecule has 5 nitrogen and oxygen atoms in total. The topological polar surface area (TPSA) is 75.1 Å². The van der Waals surface area contributed by atoms with Gasteiger partial charge >= 0.3 is 5.97 Å². The highest BCUT2D eigenvalue weighted by atomic mass is 32.1. The first-order chi connectivity index (χ1) is 12.2. The Bertz CT molecular complexity index is 807. The standard InChI is InChI=1S/C20H29N3O2S/c1-11(2)8-14(19(24)25)23-17-16-13-7-6-12(20(3,4)5)9-15(13)26-18(16)22-10-21-17/h10-12,14H,6-9H2,1-5H3,(H,24,25)(H,21,22,23). The van der Waals surface area contributed by atoms with Crippen molar-refractivity contribution < 1.29 is 9.90 Å². The minimum Gasteiger partial charge on any atom is -0.480 e. The third-order valence-electron chi connectivity index (χ3n) is 5.39. The molecule has 2 aromatic heterocycles. The van der Waals surface area contributed by atoms with Crippen LogP contribution in [0.5, 0.6) is 0 Å². The summed E-state index contributed by atoms with van der Waals surface area (Å²) in [6, 6.07) is -0.630. The number of hydrogen-bond acceptors (Lipinski definition) is 5. The summed E-state index contributed by atoms with van der Waals surface area (Å²) < 4.78 is 0. The summed E-state index contributed by atoms with van der Waals surface area (Å²) >= 11 is 1.74. The molecule has 0 aliphatic heterocycles. The maximum Gasteiger partial charge on any atom is 0.326 e. The fourth-order valence-electron chi connectivity index (χ4n) is 3.82. The van der Waals surface area contributed by atoms with Crippen LogP contribution in [0.4, 0.5) is 5.82 Å². The molecule has 1 aliphatic rings. The van der Waals surface area contributed by atoms with Gasteiger partial charge in [-0.25, -0.2) is 14.8 Å². The number of hydrogen-bond donors (Lipinski definition) is 2. The molecule has 1 aliphatic carbocycles. The highest BCUT2D eigenvalue weighted by Crippen LogP contribution is 2.44. The Morgan fingerprint density at radius 3 is 2.73 bits per heavy atom. The normalized spacial score (nSPS) is 18.8. The number of rotatable bonds is 5. The van der Waals surface area contributed by atoms with E-state index in [4.69, 9.17) is 0 Å². The second-order valence-electron chi connectivity index (χ2n) is 8.88. The van der Waals surface area contributed by atoms with E-state index in [9.17, 15) is 9.90 Å². The van der Waals surface area contributed by atoms with Gasteiger partial charge in [0.15, 0.2) is 0 Å². The van der Waals surface area contributed by atoms with E-state index >= 15 is 0 Å². The second kappa shape index (κ2) is 7.14. The smallest absolute Gasteiger partial charge is 0.326 e. The number of fused-ring (bicyclic) bond motifs is 3. The van der Waals surface area contributed by atoms with Crippen LogP contribution < -0.4 is 5.32 Å². The Morgan fingerprint density at radius 2 is 2.12 bits per heavy atom. The number of nitrogens with one attached hydrogen (secondary N) is 1. The van der Waals surface area contributed by atoms with Crippen LogP contribution in [0.1, 0.15) is 57.9 Å².